The molecule has 6 nitrogen and oxygen atoms in total. The van der Waals surface area contributed by atoms with Crippen molar-refractivity contribution < 1.29 is 14.0 Å². The number of carbonyl (C=O) groups excluding carboxylic acids is 2. The van der Waals surface area contributed by atoms with Gasteiger partial charge in [0, 0.05) is 34.3 Å². The number of carbonyl (C=O) groups is 2. The molecule has 0 unspecified atom stereocenters. The number of urea groups is 1. The lowest BCUT2D eigenvalue weighted by atomic mass is 10.1. The Labute approximate surface area is 201 Å². The molecule has 3 amide bonds. The Balaban J connectivity index is 1.53. The molecule has 0 aliphatic carbocycles. The number of halogens is 1. The number of benzene rings is 3. The highest BCUT2D eigenvalue weighted by Crippen LogP contribution is 2.30. The summed E-state index contributed by atoms with van der Waals surface area (Å²) in [4.78, 5) is 26.6. The van der Waals surface area contributed by atoms with E-state index in [1.165, 1.54) is 6.07 Å². The fourth-order valence-electron chi connectivity index (χ4n) is 4.44. The molecule has 172 valence electrons. The molecule has 0 radical (unpaired) electrons. The fourth-order valence-corrected chi connectivity index (χ4v) is 4.44. The van der Waals surface area contributed by atoms with E-state index in [0.717, 1.165) is 32.6 Å². The molecule has 3 aromatic carbocycles. The molecule has 35 heavy (non-hydrogen) atoms. The molecule has 2 heterocycles. The van der Waals surface area contributed by atoms with Gasteiger partial charge >= 0.3 is 6.03 Å². The summed E-state index contributed by atoms with van der Waals surface area (Å²) in [6.45, 7) is 2.28. The van der Waals surface area contributed by atoms with Crippen LogP contribution >= 0.6 is 0 Å². The molecular weight excluding hydrogens is 443 g/mol. The van der Waals surface area contributed by atoms with Crippen LogP contribution in [0.2, 0.25) is 0 Å². The zero-order valence-corrected chi connectivity index (χ0v) is 19.0. The second kappa shape index (κ2) is 8.92. The van der Waals surface area contributed by atoms with Crippen LogP contribution in [0.5, 0.6) is 0 Å². The van der Waals surface area contributed by atoms with Gasteiger partial charge in [-0.15, -0.1) is 0 Å². The minimum absolute atomic E-state index is 0.134. The van der Waals surface area contributed by atoms with Gasteiger partial charge in [-0.3, -0.25) is 9.69 Å². The molecule has 1 saturated heterocycles. The molecule has 1 fully saturated rings. The van der Waals surface area contributed by atoms with Crippen molar-refractivity contribution in [2.45, 2.75) is 20.0 Å². The largest absolute Gasteiger partial charge is 0.340 e. The number of nitriles is 1. The monoisotopic (exact) mass is 464 g/mol. The number of aromatic nitrogens is 1. The highest BCUT2D eigenvalue weighted by atomic mass is 19.1. The van der Waals surface area contributed by atoms with Gasteiger partial charge in [-0.25, -0.2) is 9.18 Å². The first kappa shape index (κ1) is 22.1. The molecular formula is C28H21FN4O2. The average Bonchev–Trinajstić information content (AvgIpc) is 3.29. The smallest absolute Gasteiger partial charge is 0.329 e. The first-order valence-corrected chi connectivity index (χ1v) is 11.1. The molecule has 1 N–H and O–H groups in total. The minimum atomic E-state index is -0.589. The number of hydrogen-bond acceptors (Lipinski definition) is 3. The third-order valence-electron chi connectivity index (χ3n) is 6.28. The summed E-state index contributed by atoms with van der Waals surface area (Å²) in [6, 6.07) is 23.0. The topological polar surface area (TPSA) is 78.1 Å². The standard InChI is InChI=1S/C28H21FN4O2/c1-18-23(14-25-27(34)33(28(35)31-25)17-21-10-4-6-12-24(21)29)22-11-5-7-13-26(22)32(18)16-20-9-3-2-8-19(20)15-30/h2-14H,16-17H2,1H3,(H,31,35)/b25-14+. The van der Waals surface area contributed by atoms with Gasteiger partial charge in [0.25, 0.3) is 5.91 Å². The second-order valence-electron chi connectivity index (χ2n) is 8.34. The first-order chi connectivity index (χ1) is 17.0. The molecule has 0 bridgehead atoms. The van der Waals surface area contributed by atoms with Crippen LogP contribution in [0.1, 0.15) is 27.9 Å². The Morgan fingerprint density at radius 1 is 0.943 bits per heavy atom. The Bertz CT molecular complexity index is 1560. The van der Waals surface area contributed by atoms with E-state index in [4.69, 9.17) is 0 Å². The minimum Gasteiger partial charge on any atom is -0.340 e. The molecule has 1 aromatic heterocycles. The third-order valence-corrected chi connectivity index (χ3v) is 6.28. The van der Waals surface area contributed by atoms with Crippen molar-refractivity contribution in [1.82, 2.24) is 14.8 Å². The van der Waals surface area contributed by atoms with Crippen LogP contribution in [-0.2, 0) is 17.9 Å². The Hall–Kier alpha value is -4.70. The van der Waals surface area contributed by atoms with Gasteiger partial charge in [0.1, 0.15) is 11.5 Å². The van der Waals surface area contributed by atoms with Crippen LogP contribution in [0.15, 0.2) is 78.5 Å². The van der Waals surface area contributed by atoms with Crippen LogP contribution in [0.4, 0.5) is 9.18 Å². The van der Waals surface area contributed by atoms with Crippen molar-refractivity contribution in [3.8, 4) is 6.07 Å². The van der Waals surface area contributed by atoms with Gasteiger partial charge in [0.15, 0.2) is 0 Å². The third kappa shape index (κ3) is 3.96. The van der Waals surface area contributed by atoms with Crippen LogP contribution in [-0.4, -0.2) is 21.4 Å². The molecule has 0 saturated carbocycles. The maximum Gasteiger partial charge on any atom is 0.329 e. The summed E-state index contributed by atoms with van der Waals surface area (Å²) in [6.07, 6.45) is 1.67. The van der Waals surface area contributed by atoms with E-state index >= 15 is 0 Å². The zero-order valence-electron chi connectivity index (χ0n) is 19.0. The van der Waals surface area contributed by atoms with E-state index in [-0.39, 0.29) is 17.8 Å². The summed E-state index contributed by atoms with van der Waals surface area (Å²) < 4.78 is 16.2. The van der Waals surface area contributed by atoms with Crippen molar-refractivity contribution in [2.75, 3.05) is 0 Å². The highest BCUT2D eigenvalue weighted by molar-refractivity contribution is 6.14. The van der Waals surface area contributed by atoms with Crippen LogP contribution in [0, 0.1) is 24.1 Å². The van der Waals surface area contributed by atoms with Gasteiger partial charge in [-0.05, 0) is 36.8 Å². The first-order valence-electron chi connectivity index (χ1n) is 11.1. The van der Waals surface area contributed by atoms with E-state index in [9.17, 15) is 19.2 Å². The lowest BCUT2D eigenvalue weighted by Crippen LogP contribution is -2.30. The summed E-state index contributed by atoms with van der Waals surface area (Å²) in [5.74, 6) is -0.980. The average molecular weight is 465 g/mol. The fraction of sp³-hybridized carbons (Fsp3) is 0.107. The van der Waals surface area contributed by atoms with E-state index in [1.807, 2.05) is 49.4 Å². The van der Waals surface area contributed by atoms with Crippen LogP contribution < -0.4 is 5.32 Å². The van der Waals surface area contributed by atoms with Gasteiger partial charge < -0.3 is 9.88 Å². The number of amides is 3. The van der Waals surface area contributed by atoms with E-state index in [1.54, 1.807) is 30.3 Å². The number of rotatable bonds is 5. The molecule has 5 rings (SSSR count). The van der Waals surface area contributed by atoms with E-state index in [0.29, 0.717) is 12.1 Å². The number of fused-ring (bicyclic) bond motifs is 1. The lowest BCUT2D eigenvalue weighted by molar-refractivity contribution is -0.123. The zero-order chi connectivity index (χ0) is 24.5. The summed E-state index contributed by atoms with van der Waals surface area (Å²) in [7, 11) is 0. The number of nitrogens with zero attached hydrogens (tertiary/aromatic N) is 3. The molecule has 0 atom stereocenters. The quantitative estimate of drug-likeness (QED) is 0.330. The number of nitrogens with one attached hydrogen (secondary N) is 1. The van der Waals surface area contributed by atoms with Crippen LogP contribution in [0.25, 0.3) is 17.0 Å². The number of para-hydroxylation sites is 1. The number of hydrogen-bond donors (Lipinski definition) is 1. The molecule has 4 aromatic rings. The van der Waals surface area contributed by atoms with Gasteiger partial charge in [-0.2, -0.15) is 5.26 Å². The van der Waals surface area contributed by atoms with E-state index < -0.39 is 17.8 Å². The Kier molecular flexibility index (Phi) is 5.63. The van der Waals surface area contributed by atoms with E-state index in [2.05, 4.69) is 16.0 Å². The Morgan fingerprint density at radius 2 is 1.63 bits per heavy atom. The molecule has 7 heteroatoms. The van der Waals surface area contributed by atoms with Crippen molar-refractivity contribution in [1.29, 1.82) is 5.26 Å². The van der Waals surface area contributed by atoms with Crippen molar-refractivity contribution in [3.63, 3.8) is 0 Å². The summed E-state index contributed by atoms with van der Waals surface area (Å²) in [5, 5.41) is 13.1. The predicted molar refractivity (Wildman–Crippen MR) is 130 cm³/mol. The second-order valence-corrected chi connectivity index (χ2v) is 8.34. The highest BCUT2D eigenvalue weighted by Gasteiger charge is 2.34. The molecule has 1 aliphatic heterocycles. The molecule has 1 aliphatic rings. The van der Waals surface area contributed by atoms with Gasteiger partial charge in [0.05, 0.1) is 18.2 Å². The molecule has 0 spiro atoms. The lowest BCUT2D eigenvalue weighted by Gasteiger charge is -2.12. The van der Waals surface area contributed by atoms with Crippen LogP contribution in [0.3, 0.4) is 0 Å². The summed E-state index contributed by atoms with van der Waals surface area (Å²) in [5.41, 5.74) is 4.53. The van der Waals surface area contributed by atoms with Crippen molar-refractivity contribution in [2.24, 2.45) is 0 Å². The SMILES string of the molecule is Cc1c(/C=C2/NC(=O)N(Cc3ccccc3F)C2=O)c2ccccc2n1Cc1ccccc1C#N. The number of imide groups is 1. The maximum atomic E-state index is 14.1. The van der Waals surface area contributed by atoms with Crippen molar-refractivity contribution in [3.05, 3.63) is 112 Å². The van der Waals surface area contributed by atoms with Gasteiger partial charge in [0.2, 0.25) is 0 Å². The normalized spacial score (nSPS) is 14.5. The summed E-state index contributed by atoms with van der Waals surface area (Å²) >= 11 is 0. The maximum absolute atomic E-state index is 14.1. The Morgan fingerprint density at radius 3 is 2.40 bits per heavy atom. The van der Waals surface area contributed by atoms with Gasteiger partial charge in [-0.1, -0.05) is 54.6 Å². The van der Waals surface area contributed by atoms with Crippen molar-refractivity contribution >= 4 is 28.9 Å². The predicted octanol–water partition coefficient (Wildman–Crippen LogP) is 5.10.